The van der Waals surface area contributed by atoms with E-state index in [0.717, 1.165) is 12.7 Å². The molecule has 3 aromatic rings. The van der Waals surface area contributed by atoms with Gasteiger partial charge < -0.3 is 9.30 Å². The maximum atomic E-state index is 12.8. The number of rotatable bonds is 4. The van der Waals surface area contributed by atoms with Crippen LogP contribution in [0.15, 0.2) is 53.3 Å². The summed E-state index contributed by atoms with van der Waals surface area (Å²) in [6, 6.07) is 12.5. The van der Waals surface area contributed by atoms with E-state index in [2.05, 4.69) is 4.74 Å². The summed E-state index contributed by atoms with van der Waals surface area (Å²) in [6.45, 7) is 0.124. The summed E-state index contributed by atoms with van der Waals surface area (Å²) in [5, 5.41) is 12.1. The monoisotopic (exact) mass is 372 g/mol. The summed E-state index contributed by atoms with van der Waals surface area (Å²) in [7, 11) is 1.15. The van der Waals surface area contributed by atoms with Crippen LogP contribution in [0.5, 0.6) is 0 Å². The van der Waals surface area contributed by atoms with Crippen molar-refractivity contribution < 1.29 is 14.5 Å². The third-order valence-corrected chi connectivity index (χ3v) is 4.22. The third kappa shape index (κ3) is 3.16. The highest BCUT2D eigenvalue weighted by Gasteiger charge is 2.21. The van der Waals surface area contributed by atoms with Crippen LogP contribution in [0.2, 0.25) is 5.02 Å². The Bertz CT molecular complexity index is 1070. The maximum absolute atomic E-state index is 12.8. The number of hydrogen-bond donors (Lipinski definition) is 0. The molecular formula is C18H13ClN2O5. The van der Waals surface area contributed by atoms with Crippen molar-refractivity contribution in [2.75, 3.05) is 7.11 Å². The van der Waals surface area contributed by atoms with Crippen molar-refractivity contribution in [2.45, 2.75) is 6.54 Å². The highest BCUT2D eigenvalue weighted by Crippen LogP contribution is 2.26. The first kappa shape index (κ1) is 17.6. The number of aromatic nitrogens is 1. The normalized spacial score (nSPS) is 10.7. The first-order valence-corrected chi connectivity index (χ1v) is 7.94. The Morgan fingerprint density at radius 3 is 2.54 bits per heavy atom. The number of nitro groups is 1. The molecule has 8 heteroatoms. The Morgan fingerprint density at radius 1 is 1.23 bits per heavy atom. The SMILES string of the molecule is COC(=O)c1cc2c([N+](=O)[O-])cccc2n(Cc2ccc(Cl)cc2)c1=O. The van der Waals surface area contributed by atoms with E-state index >= 15 is 0 Å². The summed E-state index contributed by atoms with van der Waals surface area (Å²) in [6.07, 6.45) is 0. The van der Waals surface area contributed by atoms with Crippen LogP contribution < -0.4 is 5.56 Å². The fraction of sp³-hybridized carbons (Fsp3) is 0.111. The van der Waals surface area contributed by atoms with Gasteiger partial charge in [0.15, 0.2) is 0 Å². The molecule has 7 nitrogen and oxygen atoms in total. The number of fused-ring (bicyclic) bond motifs is 1. The van der Waals surface area contributed by atoms with Gasteiger partial charge in [0.25, 0.3) is 11.2 Å². The zero-order chi connectivity index (χ0) is 18.8. The quantitative estimate of drug-likeness (QED) is 0.397. The molecule has 0 aliphatic heterocycles. The van der Waals surface area contributed by atoms with Crippen LogP contribution in [-0.2, 0) is 11.3 Å². The lowest BCUT2D eigenvalue weighted by molar-refractivity contribution is -0.383. The van der Waals surface area contributed by atoms with Gasteiger partial charge in [0, 0.05) is 11.1 Å². The molecule has 0 saturated carbocycles. The average molecular weight is 373 g/mol. The van der Waals surface area contributed by atoms with Gasteiger partial charge in [-0.15, -0.1) is 0 Å². The van der Waals surface area contributed by atoms with Gasteiger partial charge in [-0.25, -0.2) is 4.79 Å². The number of halogens is 1. The van der Waals surface area contributed by atoms with E-state index in [1.165, 1.54) is 22.8 Å². The molecular weight excluding hydrogens is 360 g/mol. The van der Waals surface area contributed by atoms with Gasteiger partial charge >= 0.3 is 5.97 Å². The van der Waals surface area contributed by atoms with Crippen LogP contribution in [-0.4, -0.2) is 22.6 Å². The predicted octanol–water partition coefficient (Wildman–Crippen LogP) is 3.40. The number of esters is 1. The van der Waals surface area contributed by atoms with E-state index in [9.17, 15) is 19.7 Å². The molecule has 0 saturated heterocycles. The maximum Gasteiger partial charge on any atom is 0.343 e. The van der Waals surface area contributed by atoms with Crippen molar-refractivity contribution in [1.29, 1.82) is 0 Å². The molecule has 0 bridgehead atoms. The van der Waals surface area contributed by atoms with Crippen molar-refractivity contribution >= 4 is 34.2 Å². The smallest absolute Gasteiger partial charge is 0.343 e. The lowest BCUT2D eigenvalue weighted by atomic mass is 10.1. The summed E-state index contributed by atoms with van der Waals surface area (Å²) >= 11 is 5.88. The Balaban J connectivity index is 2.31. The summed E-state index contributed by atoms with van der Waals surface area (Å²) in [5.41, 5.74) is 0.0682. The molecule has 0 radical (unpaired) electrons. The lowest BCUT2D eigenvalue weighted by Crippen LogP contribution is -2.28. The van der Waals surface area contributed by atoms with Gasteiger partial charge in [-0.2, -0.15) is 0 Å². The van der Waals surface area contributed by atoms with Crippen molar-refractivity contribution in [1.82, 2.24) is 4.57 Å². The molecule has 0 fully saturated rings. The molecule has 3 rings (SSSR count). The summed E-state index contributed by atoms with van der Waals surface area (Å²) in [5.74, 6) is -0.847. The number of carbonyl (C=O) groups excluding carboxylic acids is 1. The van der Waals surface area contributed by atoms with Gasteiger partial charge in [0.05, 0.1) is 29.5 Å². The molecule has 0 atom stereocenters. The van der Waals surface area contributed by atoms with Gasteiger partial charge in [-0.1, -0.05) is 29.8 Å². The molecule has 26 heavy (non-hydrogen) atoms. The van der Waals surface area contributed by atoms with Crippen molar-refractivity contribution in [3.05, 3.63) is 85.1 Å². The van der Waals surface area contributed by atoms with E-state index < -0.39 is 16.5 Å². The zero-order valence-electron chi connectivity index (χ0n) is 13.6. The van der Waals surface area contributed by atoms with Crippen molar-refractivity contribution in [2.24, 2.45) is 0 Å². The number of non-ortho nitro benzene ring substituents is 1. The second kappa shape index (κ2) is 6.97. The minimum Gasteiger partial charge on any atom is -0.465 e. The van der Waals surface area contributed by atoms with E-state index in [1.807, 2.05) is 0 Å². The van der Waals surface area contributed by atoms with Gasteiger partial charge in [-0.3, -0.25) is 14.9 Å². The van der Waals surface area contributed by atoms with Crippen LogP contribution in [0.1, 0.15) is 15.9 Å². The highest BCUT2D eigenvalue weighted by molar-refractivity contribution is 6.30. The third-order valence-electron chi connectivity index (χ3n) is 3.97. The topological polar surface area (TPSA) is 91.4 Å². The minimum atomic E-state index is -0.847. The molecule has 132 valence electrons. The lowest BCUT2D eigenvalue weighted by Gasteiger charge is -2.12. The molecule has 0 unspecified atom stereocenters. The first-order chi connectivity index (χ1) is 12.4. The van der Waals surface area contributed by atoms with E-state index in [4.69, 9.17) is 11.6 Å². The number of pyridine rings is 1. The number of carbonyl (C=O) groups is 1. The molecule has 0 spiro atoms. The fourth-order valence-corrected chi connectivity index (χ4v) is 2.86. The average Bonchev–Trinajstić information content (AvgIpc) is 2.64. The number of ether oxygens (including phenoxy) is 1. The van der Waals surface area contributed by atoms with E-state index in [0.29, 0.717) is 10.5 Å². The van der Waals surface area contributed by atoms with Crippen LogP contribution in [0.3, 0.4) is 0 Å². The standard InChI is InChI=1S/C18H13ClN2O5/c1-26-18(23)14-9-13-15(3-2-4-16(13)21(24)25)20(17(14)22)10-11-5-7-12(19)8-6-11/h2-9H,10H2,1H3. The Hall–Kier alpha value is -3.19. The minimum absolute atomic E-state index is 0.124. The van der Waals surface area contributed by atoms with Crippen LogP contribution in [0.25, 0.3) is 10.9 Å². The highest BCUT2D eigenvalue weighted by atomic mass is 35.5. The van der Waals surface area contributed by atoms with Crippen LogP contribution in [0.4, 0.5) is 5.69 Å². The molecule has 1 heterocycles. The second-order valence-electron chi connectivity index (χ2n) is 5.53. The first-order valence-electron chi connectivity index (χ1n) is 7.56. The molecule has 0 N–H and O–H groups in total. The van der Waals surface area contributed by atoms with Gasteiger partial charge in [0.1, 0.15) is 5.56 Å². The van der Waals surface area contributed by atoms with Crippen LogP contribution >= 0.6 is 11.6 Å². The molecule has 0 aliphatic carbocycles. The van der Waals surface area contributed by atoms with Gasteiger partial charge in [-0.05, 0) is 29.8 Å². The number of nitrogens with zero attached hydrogens (tertiary/aromatic N) is 2. The van der Waals surface area contributed by atoms with E-state index in [-0.39, 0.29) is 23.2 Å². The molecule has 2 aromatic carbocycles. The Kier molecular flexibility index (Phi) is 4.73. The Labute approximate surface area is 152 Å². The zero-order valence-corrected chi connectivity index (χ0v) is 14.4. The van der Waals surface area contributed by atoms with Crippen LogP contribution in [0, 0.1) is 10.1 Å². The number of methoxy groups -OCH3 is 1. The largest absolute Gasteiger partial charge is 0.465 e. The molecule has 0 amide bonds. The predicted molar refractivity (Wildman–Crippen MR) is 96.8 cm³/mol. The fourth-order valence-electron chi connectivity index (χ4n) is 2.73. The summed E-state index contributed by atoms with van der Waals surface area (Å²) < 4.78 is 5.97. The van der Waals surface area contributed by atoms with E-state index in [1.54, 1.807) is 30.3 Å². The number of nitro benzene ring substituents is 1. The Morgan fingerprint density at radius 2 is 1.92 bits per heavy atom. The molecule has 1 aromatic heterocycles. The second-order valence-corrected chi connectivity index (χ2v) is 5.97. The summed E-state index contributed by atoms with van der Waals surface area (Å²) in [4.78, 5) is 35.6. The van der Waals surface area contributed by atoms with Crippen molar-refractivity contribution in [3.8, 4) is 0 Å². The van der Waals surface area contributed by atoms with Crippen molar-refractivity contribution in [3.63, 3.8) is 0 Å². The number of hydrogen-bond acceptors (Lipinski definition) is 5. The molecule has 0 aliphatic rings. The van der Waals surface area contributed by atoms with Gasteiger partial charge in [0.2, 0.25) is 0 Å². The number of benzene rings is 2.